The summed E-state index contributed by atoms with van der Waals surface area (Å²) in [6.07, 6.45) is 0. The molecular weight excluding hydrogens is 496 g/mol. The van der Waals surface area contributed by atoms with Crippen LogP contribution >= 0.6 is 0 Å². The Balaban J connectivity index is -0.00000274. The van der Waals surface area contributed by atoms with Gasteiger partial charge in [0.25, 0.3) is 0 Å². The van der Waals surface area contributed by atoms with Gasteiger partial charge in [-0.3, -0.25) is 9.80 Å². The van der Waals surface area contributed by atoms with Gasteiger partial charge in [-0.1, -0.05) is 88.4 Å². The molecule has 0 N–H and O–H groups in total. The lowest BCUT2D eigenvalue weighted by Crippen LogP contribution is -2.50. The second-order valence-corrected chi connectivity index (χ2v) is 10.6. The Morgan fingerprint density at radius 3 is 1.20 bits per heavy atom. The number of nitrogens with zero attached hydrogens (tertiary/aromatic N) is 4. The first-order valence-electron chi connectivity index (χ1n) is 15.7. The van der Waals surface area contributed by atoms with Gasteiger partial charge in [0, 0.05) is 70.1 Å². The average Bonchev–Trinajstić information content (AvgIpc) is 2.99. The highest BCUT2D eigenvalue weighted by atomic mass is 16.5. The predicted molar refractivity (Wildman–Crippen MR) is 178 cm³/mol. The van der Waals surface area contributed by atoms with Crippen LogP contribution in [0.5, 0.6) is 0 Å². The lowest BCUT2D eigenvalue weighted by Gasteiger charge is -2.37. The second-order valence-electron chi connectivity index (χ2n) is 10.6. The highest BCUT2D eigenvalue weighted by molar-refractivity contribution is 5.14. The summed E-state index contributed by atoms with van der Waals surface area (Å²) in [5, 5.41) is 0. The summed E-state index contributed by atoms with van der Waals surface area (Å²) < 4.78 is 12.3. The average molecular weight is 563 g/mol. The van der Waals surface area contributed by atoms with Gasteiger partial charge in [-0.15, -0.1) is 0 Å². The van der Waals surface area contributed by atoms with E-state index >= 15 is 0 Å². The minimum absolute atomic E-state index is 0. The van der Waals surface area contributed by atoms with Gasteiger partial charge in [-0.2, -0.15) is 0 Å². The molecule has 1 aliphatic rings. The van der Waals surface area contributed by atoms with Crippen LogP contribution in [0, 0.1) is 0 Å². The fourth-order valence-corrected chi connectivity index (χ4v) is 5.09. The summed E-state index contributed by atoms with van der Waals surface area (Å²) in [4.78, 5) is 10.5. The van der Waals surface area contributed by atoms with E-state index in [1.165, 1.54) is 11.1 Å². The molecule has 6 nitrogen and oxygen atoms in total. The lowest BCUT2D eigenvalue weighted by atomic mass is 10.2. The Labute approximate surface area is 252 Å². The largest absolute Gasteiger partial charge is 0.375 e. The van der Waals surface area contributed by atoms with Gasteiger partial charge in [0.1, 0.15) is 0 Å². The first kappa shape index (κ1) is 34.4. The number of benzene rings is 2. The molecule has 0 amide bonds. The van der Waals surface area contributed by atoms with Gasteiger partial charge in [0.05, 0.1) is 26.4 Å². The van der Waals surface area contributed by atoms with Crippen LogP contribution in [0.1, 0.15) is 58.4 Å². The molecule has 2 atom stereocenters. The van der Waals surface area contributed by atoms with E-state index in [0.717, 1.165) is 78.7 Å². The lowest BCUT2D eigenvalue weighted by molar-refractivity contribution is 0.0334. The molecule has 1 aliphatic heterocycles. The summed E-state index contributed by atoms with van der Waals surface area (Å²) in [5.41, 5.74) is 2.49. The standard InChI is InChI=1S/C32H52N4O2.C2H6.4H2/c1-5-33-17-21-35(29(3)25-37-27-31-13-9-7-10-14-31)23-19-34(6-2)20-24-36(22-18-33)30(4)26-38-28-32-15-11-8-12-16-32;1-2;;;;/h7-16,29-30H,5-6,17-28H2,1-4H3;1-2H3;4*1H. The van der Waals surface area contributed by atoms with E-state index in [9.17, 15) is 0 Å². The van der Waals surface area contributed by atoms with Gasteiger partial charge >= 0.3 is 0 Å². The van der Waals surface area contributed by atoms with Crippen molar-refractivity contribution in [1.82, 2.24) is 19.6 Å². The quantitative estimate of drug-likeness (QED) is 0.295. The molecule has 2 aromatic carbocycles. The normalized spacial score (nSPS) is 18.6. The minimum atomic E-state index is 0. The van der Waals surface area contributed by atoms with Crippen LogP contribution < -0.4 is 0 Å². The van der Waals surface area contributed by atoms with Crippen molar-refractivity contribution in [3.05, 3.63) is 71.8 Å². The molecule has 0 saturated carbocycles. The number of likely N-dealkylation sites (N-methyl/N-ethyl adjacent to an activating group) is 2. The van der Waals surface area contributed by atoms with Crippen molar-refractivity contribution in [1.29, 1.82) is 0 Å². The monoisotopic (exact) mass is 563 g/mol. The molecule has 0 radical (unpaired) electrons. The first-order chi connectivity index (χ1) is 19.6. The zero-order chi connectivity index (χ0) is 29.0. The zero-order valence-electron chi connectivity index (χ0n) is 26.4. The van der Waals surface area contributed by atoms with Crippen molar-refractivity contribution in [3.8, 4) is 0 Å². The van der Waals surface area contributed by atoms with E-state index in [0.29, 0.717) is 25.3 Å². The van der Waals surface area contributed by atoms with Crippen molar-refractivity contribution in [2.24, 2.45) is 0 Å². The van der Waals surface area contributed by atoms with Crippen LogP contribution in [0.3, 0.4) is 0 Å². The van der Waals surface area contributed by atoms with Crippen molar-refractivity contribution >= 4 is 0 Å². The van der Waals surface area contributed by atoms with Crippen LogP contribution in [0.4, 0.5) is 0 Å². The SMILES string of the molecule is CC.CCN1CCN(C(C)COCc2ccccc2)CCN(CC)CCN(C(C)COCc2ccccc2)CC1.[HH].[HH].[HH].[HH]. The predicted octanol–water partition coefficient (Wildman–Crippen LogP) is 6.47. The summed E-state index contributed by atoms with van der Waals surface area (Å²) in [7, 11) is 0. The maximum atomic E-state index is 6.13. The van der Waals surface area contributed by atoms with Crippen LogP contribution in [-0.4, -0.2) is 110 Å². The molecule has 1 heterocycles. The van der Waals surface area contributed by atoms with Crippen LogP contribution in [0.2, 0.25) is 0 Å². The highest BCUT2D eigenvalue weighted by Gasteiger charge is 2.21. The maximum Gasteiger partial charge on any atom is 0.0717 e. The van der Waals surface area contributed by atoms with E-state index in [1.54, 1.807) is 0 Å². The van der Waals surface area contributed by atoms with E-state index in [-0.39, 0.29) is 5.71 Å². The summed E-state index contributed by atoms with van der Waals surface area (Å²) in [5.74, 6) is 0. The summed E-state index contributed by atoms with van der Waals surface area (Å²) in [6, 6.07) is 21.8. The fraction of sp³-hybridized carbons (Fsp3) is 0.647. The maximum absolute atomic E-state index is 6.13. The Morgan fingerprint density at radius 1 is 0.575 bits per heavy atom. The van der Waals surface area contributed by atoms with Crippen LogP contribution in [0.15, 0.2) is 60.7 Å². The molecule has 0 aromatic heterocycles. The molecule has 40 heavy (non-hydrogen) atoms. The topological polar surface area (TPSA) is 31.4 Å². The minimum Gasteiger partial charge on any atom is -0.375 e. The summed E-state index contributed by atoms with van der Waals surface area (Å²) in [6.45, 7) is 27.0. The van der Waals surface area contributed by atoms with Crippen molar-refractivity contribution in [2.75, 3.05) is 78.7 Å². The van der Waals surface area contributed by atoms with Crippen molar-refractivity contribution < 1.29 is 15.2 Å². The van der Waals surface area contributed by atoms with Gasteiger partial charge in [0.15, 0.2) is 0 Å². The van der Waals surface area contributed by atoms with E-state index in [1.807, 2.05) is 13.8 Å². The number of hydrogen-bond acceptors (Lipinski definition) is 6. The molecule has 1 saturated heterocycles. The summed E-state index contributed by atoms with van der Waals surface area (Å²) >= 11 is 0. The van der Waals surface area contributed by atoms with E-state index in [2.05, 4.69) is 108 Å². The van der Waals surface area contributed by atoms with Crippen LogP contribution in [0.25, 0.3) is 0 Å². The van der Waals surface area contributed by atoms with Crippen molar-refractivity contribution in [2.45, 2.75) is 66.8 Å². The third-order valence-corrected chi connectivity index (χ3v) is 7.90. The third kappa shape index (κ3) is 13.2. The molecule has 234 valence electrons. The fourth-order valence-electron chi connectivity index (χ4n) is 5.09. The number of rotatable bonds is 12. The molecule has 0 aliphatic carbocycles. The molecule has 2 aromatic rings. The molecule has 2 unspecified atom stereocenters. The van der Waals surface area contributed by atoms with E-state index < -0.39 is 0 Å². The van der Waals surface area contributed by atoms with Gasteiger partial charge in [-0.25, -0.2) is 0 Å². The molecule has 1 fully saturated rings. The zero-order valence-corrected chi connectivity index (χ0v) is 26.4. The van der Waals surface area contributed by atoms with Crippen molar-refractivity contribution in [3.63, 3.8) is 0 Å². The third-order valence-electron chi connectivity index (χ3n) is 7.90. The van der Waals surface area contributed by atoms with Gasteiger partial charge in [0.2, 0.25) is 0 Å². The first-order valence-corrected chi connectivity index (χ1v) is 15.7. The van der Waals surface area contributed by atoms with Gasteiger partial charge < -0.3 is 19.3 Å². The Hall–Kier alpha value is -1.80. The van der Waals surface area contributed by atoms with Crippen LogP contribution in [-0.2, 0) is 22.7 Å². The van der Waals surface area contributed by atoms with E-state index in [4.69, 9.17) is 9.47 Å². The molecule has 0 spiro atoms. The molecule has 3 rings (SSSR count). The smallest absolute Gasteiger partial charge is 0.0717 e. The molecule has 0 bridgehead atoms. The highest BCUT2D eigenvalue weighted by Crippen LogP contribution is 2.09. The van der Waals surface area contributed by atoms with Gasteiger partial charge in [-0.05, 0) is 38.1 Å². The Bertz CT molecular complexity index is 785. The molecule has 6 heteroatoms. The molecular formula is C34H66N4O2. The Kier molecular flexibility index (Phi) is 18.0. The number of hydrogen-bond donors (Lipinski definition) is 0. The Morgan fingerprint density at radius 2 is 0.900 bits per heavy atom. The second kappa shape index (κ2) is 21.0. The number of ether oxygens (including phenoxy) is 2.